The van der Waals surface area contributed by atoms with E-state index in [4.69, 9.17) is 16.3 Å². The quantitative estimate of drug-likeness (QED) is 0.621. The van der Waals surface area contributed by atoms with E-state index in [0.717, 1.165) is 25.7 Å². The summed E-state index contributed by atoms with van der Waals surface area (Å²) >= 11 is 6.36. The van der Waals surface area contributed by atoms with Gasteiger partial charge in [-0.25, -0.2) is 4.79 Å². The number of hydrogen-bond acceptors (Lipinski definition) is 5. The van der Waals surface area contributed by atoms with E-state index in [9.17, 15) is 19.2 Å². The lowest BCUT2D eigenvalue weighted by atomic mass is 9.83. The number of carbonyl (C=O) groups excluding carboxylic acids is 4. The third kappa shape index (κ3) is 4.00. The average Bonchev–Trinajstić information content (AvgIpc) is 2.77. The number of esters is 1. The Bertz CT molecular complexity index is 1090. The minimum absolute atomic E-state index is 0.0136. The van der Waals surface area contributed by atoms with Crippen molar-refractivity contribution in [2.24, 2.45) is 5.92 Å². The molecule has 0 heterocycles. The van der Waals surface area contributed by atoms with Gasteiger partial charge in [0.05, 0.1) is 16.1 Å². The predicted octanol–water partition coefficient (Wildman–Crippen LogP) is 3.97. The Morgan fingerprint density at radius 2 is 1.68 bits per heavy atom. The number of ether oxygens (including phenoxy) is 1. The van der Waals surface area contributed by atoms with E-state index in [1.807, 2.05) is 0 Å². The van der Waals surface area contributed by atoms with Gasteiger partial charge in [-0.1, -0.05) is 55.6 Å². The number of amides is 1. The van der Waals surface area contributed by atoms with Crippen molar-refractivity contribution in [2.75, 3.05) is 6.61 Å². The van der Waals surface area contributed by atoms with Gasteiger partial charge in [-0.05, 0) is 30.9 Å². The van der Waals surface area contributed by atoms with Crippen LogP contribution in [0.15, 0.2) is 36.4 Å². The fourth-order valence-corrected chi connectivity index (χ4v) is 4.62. The topological polar surface area (TPSA) is 89.5 Å². The van der Waals surface area contributed by atoms with Crippen molar-refractivity contribution in [2.45, 2.75) is 38.6 Å². The summed E-state index contributed by atoms with van der Waals surface area (Å²) < 4.78 is 5.14. The van der Waals surface area contributed by atoms with Gasteiger partial charge in [0.15, 0.2) is 18.2 Å². The molecule has 0 aliphatic heterocycles. The first-order valence-electron chi connectivity index (χ1n) is 10.4. The molecule has 2 aromatic carbocycles. The molecule has 2 aromatic rings. The van der Waals surface area contributed by atoms with Crippen LogP contribution in [0.2, 0.25) is 5.02 Å². The number of fused-ring (bicyclic) bond motifs is 2. The van der Waals surface area contributed by atoms with Gasteiger partial charge >= 0.3 is 5.97 Å². The zero-order valence-corrected chi connectivity index (χ0v) is 17.8. The van der Waals surface area contributed by atoms with Crippen LogP contribution >= 0.6 is 11.6 Å². The Morgan fingerprint density at radius 1 is 1.00 bits per heavy atom. The molecule has 4 rings (SSSR count). The maximum Gasteiger partial charge on any atom is 0.340 e. The van der Waals surface area contributed by atoms with Crippen molar-refractivity contribution < 1.29 is 23.9 Å². The summed E-state index contributed by atoms with van der Waals surface area (Å²) in [5, 5.41) is 2.77. The maximum atomic E-state index is 12.9. The molecule has 0 saturated heterocycles. The summed E-state index contributed by atoms with van der Waals surface area (Å²) in [5.41, 5.74) is 0.628. The van der Waals surface area contributed by atoms with Crippen molar-refractivity contribution in [3.8, 4) is 0 Å². The molecule has 1 amide bonds. The largest absolute Gasteiger partial charge is 0.452 e. The minimum atomic E-state index is -0.821. The number of ketones is 2. The van der Waals surface area contributed by atoms with Gasteiger partial charge < -0.3 is 10.1 Å². The van der Waals surface area contributed by atoms with E-state index in [1.54, 1.807) is 24.3 Å². The number of carbonyl (C=O) groups is 4. The van der Waals surface area contributed by atoms with Crippen molar-refractivity contribution in [1.82, 2.24) is 5.32 Å². The van der Waals surface area contributed by atoms with Gasteiger partial charge in [0.2, 0.25) is 0 Å². The SMILES string of the molecule is C[C@@H]1CCCC[C@H]1NC(=O)COC(=O)c1ccc2c(c1Cl)C(=O)c1ccccc1C2=O. The molecule has 0 radical (unpaired) electrons. The lowest BCUT2D eigenvalue weighted by Crippen LogP contribution is -2.42. The first kappa shape index (κ1) is 21.2. The molecular formula is C24H22ClNO5. The molecule has 7 heteroatoms. The van der Waals surface area contributed by atoms with Crippen LogP contribution in [0, 0.1) is 5.92 Å². The molecule has 0 aromatic heterocycles. The highest BCUT2D eigenvalue weighted by Gasteiger charge is 2.33. The molecule has 0 spiro atoms. The molecule has 1 fully saturated rings. The fraction of sp³-hybridized carbons (Fsp3) is 0.333. The summed E-state index contributed by atoms with van der Waals surface area (Å²) in [7, 11) is 0. The van der Waals surface area contributed by atoms with E-state index in [0.29, 0.717) is 11.5 Å². The van der Waals surface area contributed by atoms with Gasteiger partial charge in [-0.2, -0.15) is 0 Å². The lowest BCUT2D eigenvalue weighted by molar-refractivity contribution is -0.125. The van der Waals surface area contributed by atoms with Gasteiger partial charge in [0.1, 0.15) is 0 Å². The highest BCUT2D eigenvalue weighted by Crippen LogP contribution is 2.34. The zero-order valence-electron chi connectivity index (χ0n) is 17.1. The zero-order chi connectivity index (χ0) is 22.1. The van der Waals surface area contributed by atoms with Crippen LogP contribution in [0.4, 0.5) is 0 Å². The monoisotopic (exact) mass is 439 g/mol. The molecule has 2 atom stereocenters. The van der Waals surface area contributed by atoms with Crippen LogP contribution < -0.4 is 5.32 Å². The summed E-state index contributed by atoms with van der Waals surface area (Å²) in [6.07, 6.45) is 4.20. The molecule has 1 N–H and O–H groups in total. The van der Waals surface area contributed by atoms with Crippen LogP contribution in [0.3, 0.4) is 0 Å². The molecule has 2 aliphatic carbocycles. The summed E-state index contributed by atoms with van der Waals surface area (Å²) in [5.74, 6) is -1.56. The molecule has 0 bridgehead atoms. The first-order valence-corrected chi connectivity index (χ1v) is 10.7. The van der Waals surface area contributed by atoms with Crippen LogP contribution in [-0.2, 0) is 9.53 Å². The highest BCUT2D eigenvalue weighted by atomic mass is 35.5. The van der Waals surface area contributed by atoms with E-state index in [2.05, 4.69) is 12.2 Å². The average molecular weight is 440 g/mol. The van der Waals surface area contributed by atoms with Gasteiger partial charge in [-0.3, -0.25) is 14.4 Å². The van der Waals surface area contributed by atoms with Crippen LogP contribution in [-0.4, -0.2) is 36.1 Å². The number of hydrogen-bond donors (Lipinski definition) is 1. The van der Waals surface area contributed by atoms with Gasteiger partial charge in [0, 0.05) is 22.7 Å². The highest BCUT2D eigenvalue weighted by molar-refractivity contribution is 6.41. The minimum Gasteiger partial charge on any atom is -0.452 e. The van der Waals surface area contributed by atoms with Crippen LogP contribution in [0.5, 0.6) is 0 Å². The normalized spacial score (nSPS) is 19.9. The third-order valence-corrected chi connectivity index (χ3v) is 6.43. The number of halogens is 1. The Kier molecular flexibility index (Phi) is 5.92. The number of rotatable bonds is 4. The summed E-state index contributed by atoms with van der Waals surface area (Å²) in [4.78, 5) is 50.4. The van der Waals surface area contributed by atoms with E-state index < -0.39 is 18.4 Å². The molecule has 2 aliphatic rings. The predicted molar refractivity (Wildman–Crippen MR) is 115 cm³/mol. The van der Waals surface area contributed by atoms with Crippen LogP contribution in [0.25, 0.3) is 0 Å². The molecule has 1 saturated carbocycles. The molecule has 31 heavy (non-hydrogen) atoms. The summed E-state index contributed by atoms with van der Waals surface area (Å²) in [6, 6.07) is 9.31. The van der Waals surface area contributed by atoms with E-state index in [1.165, 1.54) is 12.1 Å². The first-order chi connectivity index (χ1) is 14.9. The van der Waals surface area contributed by atoms with Crippen molar-refractivity contribution in [3.63, 3.8) is 0 Å². The van der Waals surface area contributed by atoms with E-state index in [-0.39, 0.29) is 45.0 Å². The Hall–Kier alpha value is -2.99. The smallest absolute Gasteiger partial charge is 0.340 e. The van der Waals surface area contributed by atoms with Crippen LogP contribution in [0.1, 0.15) is 74.8 Å². The number of nitrogens with one attached hydrogen (secondary N) is 1. The third-order valence-electron chi connectivity index (χ3n) is 6.04. The maximum absolute atomic E-state index is 12.9. The van der Waals surface area contributed by atoms with Crippen molar-refractivity contribution >= 4 is 35.0 Å². The Labute approximate surface area is 184 Å². The summed E-state index contributed by atoms with van der Waals surface area (Å²) in [6.45, 7) is 1.66. The van der Waals surface area contributed by atoms with Gasteiger partial charge in [-0.15, -0.1) is 0 Å². The second kappa shape index (κ2) is 8.63. The molecule has 6 nitrogen and oxygen atoms in total. The Morgan fingerprint density at radius 3 is 2.39 bits per heavy atom. The lowest BCUT2D eigenvalue weighted by Gasteiger charge is -2.29. The Balaban J connectivity index is 1.49. The van der Waals surface area contributed by atoms with Crippen molar-refractivity contribution in [3.05, 3.63) is 69.2 Å². The van der Waals surface area contributed by atoms with Crippen molar-refractivity contribution in [1.29, 1.82) is 0 Å². The standard InChI is InChI=1S/C24H22ClNO5/c1-13-6-2-5-9-18(13)26-19(27)12-31-24(30)17-11-10-16-20(21(17)25)23(29)15-8-4-3-7-14(15)22(16)28/h3-4,7-8,10-11,13,18H,2,5-6,9,12H2,1H3,(H,26,27)/t13-,18-/m1/s1. The fourth-order valence-electron chi connectivity index (χ4n) is 4.29. The molecule has 160 valence electrons. The van der Waals surface area contributed by atoms with E-state index >= 15 is 0 Å². The van der Waals surface area contributed by atoms with Gasteiger partial charge in [0.25, 0.3) is 5.91 Å². The molecule has 0 unspecified atom stereocenters. The second-order valence-electron chi connectivity index (χ2n) is 8.07. The number of benzene rings is 2. The molecular weight excluding hydrogens is 418 g/mol. The second-order valence-corrected chi connectivity index (χ2v) is 8.44.